The van der Waals surface area contributed by atoms with Crippen LogP contribution in [0.15, 0.2) is 53.4 Å². The Balaban J connectivity index is 1.89. The molecule has 0 aromatic heterocycles. The van der Waals surface area contributed by atoms with Crippen molar-refractivity contribution in [3.05, 3.63) is 69.6 Å². The first-order valence-corrected chi connectivity index (χ1v) is 8.41. The van der Waals surface area contributed by atoms with Crippen molar-refractivity contribution in [3.63, 3.8) is 0 Å². The highest BCUT2D eigenvalue weighted by Gasteiger charge is 2.33. The van der Waals surface area contributed by atoms with Gasteiger partial charge in [0.15, 0.2) is 4.32 Å². The minimum atomic E-state index is -1.24. The molecule has 120 valence electrons. The van der Waals surface area contributed by atoms with E-state index in [9.17, 15) is 14.7 Å². The van der Waals surface area contributed by atoms with Crippen LogP contribution >= 0.6 is 35.6 Å². The van der Waals surface area contributed by atoms with Crippen LogP contribution < -0.4 is 10.0 Å². The van der Waals surface area contributed by atoms with Gasteiger partial charge in [0.1, 0.15) is 0 Å². The highest BCUT2D eigenvalue weighted by molar-refractivity contribution is 8.27. The third-order valence-electron chi connectivity index (χ3n) is 3.30. The summed E-state index contributed by atoms with van der Waals surface area (Å²) in [6, 6.07) is 13.0. The van der Waals surface area contributed by atoms with E-state index in [1.165, 1.54) is 28.8 Å². The molecule has 0 aliphatic carbocycles. The summed E-state index contributed by atoms with van der Waals surface area (Å²) >= 11 is 12.4. The lowest BCUT2D eigenvalue weighted by Gasteiger charge is -2.14. The predicted molar refractivity (Wildman–Crippen MR) is 97.9 cm³/mol. The number of carbonyl (C=O) groups is 2. The van der Waals surface area contributed by atoms with Gasteiger partial charge in [-0.25, -0.2) is 0 Å². The van der Waals surface area contributed by atoms with E-state index < -0.39 is 5.97 Å². The van der Waals surface area contributed by atoms with Crippen LogP contribution in [0.3, 0.4) is 0 Å². The number of thiocarbonyl (C=S) groups is 1. The maximum Gasteiger partial charge on any atom is 0.270 e. The molecule has 0 N–H and O–H groups in total. The maximum atomic E-state index is 12.6. The summed E-state index contributed by atoms with van der Waals surface area (Å²) in [5, 5.41) is 11.3. The first-order valence-electron chi connectivity index (χ1n) is 6.80. The Labute approximate surface area is 152 Å². The van der Waals surface area contributed by atoms with Crippen molar-refractivity contribution in [2.75, 3.05) is 4.90 Å². The summed E-state index contributed by atoms with van der Waals surface area (Å²) < 4.78 is 0.417. The Bertz CT molecular complexity index is 878. The lowest BCUT2D eigenvalue weighted by atomic mass is 10.1. The van der Waals surface area contributed by atoms with E-state index in [4.69, 9.17) is 23.8 Å². The largest absolute Gasteiger partial charge is 0.545 e. The molecule has 7 heteroatoms. The molecule has 3 rings (SSSR count). The summed E-state index contributed by atoms with van der Waals surface area (Å²) in [7, 11) is 0. The molecule has 0 radical (unpaired) electrons. The highest BCUT2D eigenvalue weighted by Crippen LogP contribution is 2.36. The number of hydrogen-bond acceptors (Lipinski definition) is 5. The second kappa shape index (κ2) is 6.76. The molecule has 1 amide bonds. The van der Waals surface area contributed by atoms with Crippen LogP contribution in [0.5, 0.6) is 0 Å². The molecule has 1 heterocycles. The number of anilines is 1. The van der Waals surface area contributed by atoms with E-state index >= 15 is 0 Å². The van der Waals surface area contributed by atoms with E-state index in [1.54, 1.807) is 42.5 Å². The normalized spacial score (nSPS) is 16.0. The van der Waals surface area contributed by atoms with E-state index in [0.717, 1.165) is 0 Å². The number of amides is 1. The quantitative estimate of drug-likeness (QED) is 0.610. The molecular formula is C17H9ClNO3S2-. The van der Waals surface area contributed by atoms with Crippen LogP contribution in [0.1, 0.15) is 15.9 Å². The number of hydrogen-bond donors (Lipinski definition) is 0. The monoisotopic (exact) mass is 374 g/mol. The molecule has 0 unspecified atom stereocenters. The van der Waals surface area contributed by atoms with E-state index in [2.05, 4.69) is 0 Å². The SMILES string of the molecule is O=C([O-])c1ccc(/C=C2/SC(=S)N(c3cccc(Cl)c3)C2=O)cc1. The van der Waals surface area contributed by atoms with Gasteiger partial charge in [0.25, 0.3) is 5.91 Å². The summed E-state index contributed by atoms with van der Waals surface area (Å²) in [5.74, 6) is -1.48. The van der Waals surface area contributed by atoms with Crippen molar-refractivity contribution in [1.29, 1.82) is 0 Å². The predicted octanol–water partition coefficient (Wildman–Crippen LogP) is 3.11. The lowest BCUT2D eigenvalue weighted by Crippen LogP contribution is -2.27. The molecule has 0 bridgehead atoms. The Kier molecular flexibility index (Phi) is 4.71. The zero-order valence-corrected chi connectivity index (χ0v) is 14.5. The summed E-state index contributed by atoms with van der Waals surface area (Å²) in [6.45, 7) is 0. The van der Waals surface area contributed by atoms with Crippen LogP contribution in [-0.4, -0.2) is 16.2 Å². The Hall–Kier alpha value is -2.15. The summed E-state index contributed by atoms with van der Waals surface area (Å²) in [6.07, 6.45) is 1.67. The molecule has 0 atom stereocenters. The van der Waals surface area contributed by atoms with Crippen molar-refractivity contribution in [2.24, 2.45) is 0 Å². The van der Waals surface area contributed by atoms with Gasteiger partial charge in [0.2, 0.25) is 0 Å². The van der Waals surface area contributed by atoms with Crippen molar-refractivity contribution in [3.8, 4) is 0 Å². The number of nitrogens with zero attached hydrogens (tertiary/aromatic N) is 1. The summed E-state index contributed by atoms with van der Waals surface area (Å²) in [5.41, 5.74) is 1.39. The molecule has 0 saturated carbocycles. The molecular weight excluding hydrogens is 366 g/mol. The lowest BCUT2D eigenvalue weighted by molar-refractivity contribution is -0.255. The van der Waals surface area contributed by atoms with E-state index in [-0.39, 0.29) is 11.5 Å². The number of rotatable bonds is 3. The topological polar surface area (TPSA) is 60.4 Å². The molecule has 2 aromatic carbocycles. The molecule has 0 spiro atoms. The molecule has 1 aliphatic heterocycles. The number of aromatic carboxylic acids is 1. The fourth-order valence-corrected chi connectivity index (χ4v) is 3.66. The Morgan fingerprint density at radius 3 is 2.54 bits per heavy atom. The molecule has 24 heavy (non-hydrogen) atoms. The number of carbonyl (C=O) groups excluding carboxylic acids is 2. The molecule has 4 nitrogen and oxygen atoms in total. The van der Waals surface area contributed by atoms with Gasteiger partial charge in [-0.2, -0.15) is 0 Å². The van der Waals surface area contributed by atoms with Crippen LogP contribution in [0.2, 0.25) is 5.02 Å². The van der Waals surface area contributed by atoms with Crippen LogP contribution in [-0.2, 0) is 4.79 Å². The average Bonchev–Trinajstić information content (AvgIpc) is 2.82. The van der Waals surface area contributed by atoms with Crippen molar-refractivity contribution in [2.45, 2.75) is 0 Å². The van der Waals surface area contributed by atoms with Gasteiger partial charge in [-0.05, 0) is 35.4 Å². The summed E-state index contributed by atoms with van der Waals surface area (Å²) in [4.78, 5) is 25.3. The minimum absolute atomic E-state index is 0.0821. The maximum absolute atomic E-state index is 12.6. The Morgan fingerprint density at radius 2 is 1.92 bits per heavy atom. The third-order valence-corrected chi connectivity index (χ3v) is 4.84. The van der Waals surface area contributed by atoms with Gasteiger partial charge in [-0.1, -0.05) is 65.9 Å². The zero-order valence-electron chi connectivity index (χ0n) is 12.1. The second-order valence-electron chi connectivity index (χ2n) is 4.91. The van der Waals surface area contributed by atoms with E-state index in [1.807, 2.05) is 0 Å². The van der Waals surface area contributed by atoms with Crippen LogP contribution in [0.4, 0.5) is 5.69 Å². The Morgan fingerprint density at radius 1 is 1.21 bits per heavy atom. The van der Waals surface area contributed by atoms with Crippen LogP contribution in [0, 0.1) is 0 Å². The van der Waals surface area contributed by atoms with Gasteiger partial charge in [-0.3, -0.25) is 9.69 Å². The molecule has 2 aromatic rings. The highest BCUT2D eigenvalue weighted by atomic mass is 35.5. The third kappa shape index (κ3) is 3.36. The molecule has 1 aliphatic rings. The molecule has 1 saturated heterocycles. The fraction of sp³-hybridized carbons (Fsp3) is 0. The number of carboxylic acid groups (broad SMARTS) is 1. The number of benzene rings is 2. The van der Waals surface area contributed by atoms with Crippen LogP contribution in [0.25, 0.3) is 6.08 Å². The minimum Gasteiger partial charge on any atom is -0.545 e. The fourth-order valence-electron chi connectivity index (χ4n) is 2.17. The first kappa shape index (κ1) is 16.7. The van der Waals surface area contributed by atoms with Gasteiger partial charge in [0, 0.05) is 5.02 Å². The molecule has 1 fully saturated rings. The zero-order chi connectivity index (χ0) is 17.3. The number of thioether (sulfide) groups is 1. The van der Waals surface area contributed by atoms with E-state index in [0.29, 0.717) is 25.5 Å². The second-order valence-corrected chi connectivity index (χ2v) is 7.02. The van der Waals surface area contributed by atoms with Gasteiger partial charge in [0.05, 0.1) is 16.6 Å². The first-order chi connectivity index (χ1) is 11.5. The smallest absolute Gasteiger partial charge is 0.270 e. The number of halogens is 1. The van der Waals surface area contributed by atoms with Crippen molar-refractivity contribution >= 4 is 63.5 Å². The van der Waals surface area contributed by atoms with Gasteiger partial charge >= 0.3 is 0 Å². The average molecular weight is 375 g/mol. The van der Waals surface area contributed by atoms with Crippen molar-refractivity contribution < 1.29 is 14.7 Å². The number of carboxylic acids is 1. The standard InChI is InChI=1S/C17H10ClNO3S2/c18-12-2-1-3-13(9-12)19-15(20)14(24-17(19)23)8-10-4-6-11(7-5-10)16(21)22/h1-9H,(H,21,22)/p-1/b14-8+. The van der Waals surface area contributed by atoms with Crippen molar-refractivity contribution in [1.82, 2.24) is 0 Å². The van der Waals surface area contributed by atoms with Gasteiger partial charge in [-0.15, -0.1) is 0 Å². The van der Waals surface area contributed by atoms with Gasteiger partial charge < -0.3 is 9.90 Å².